The average Bonchev–Trinajstić information content (AvgIpc) is 3.43. The van der Waals surface area contributed by atoms with Gasteiger partial charge in [-0.25, -0.2) is 4.98 Å². The molecule has 2 amide bonds. The van der Waals surface area contributed by atoms with Crippen molar-refractivity contribution in [2.45, 2.75) is 37.3 Å². The number of amides is 2. The maximum absolute atomic E-state index is 13.0. The first kappa shape index (κ1) is 25.5. The quantitative estimate of drug-likeness (QED) is 0.536. The normalized spacial score (nSPS) is 23.9. The molecular weight excluding hydrogens is 486 g/mol. The van der Waals surface area contributed by atoms with Crippen LogP contribution in [0.5, 0.6) is 0 Å². The molecule has 3 aromatic rings. The van der Waals surface area contributed by atoms with Crippen molar-refractivity contribution in [1.82, 2.24) is 29.2 Å². The van der Waals surface area contributed by atoms with Crippen molar-refractivity contribution < 1.29 is 9.59 Å². The van der Waals surface area contributed by atoms with Crippen molar-refractivity contribution >= 4 is 48.0 Å². The zero-order valence-corrected chi connectivity index (χ0v) is 22.9. The maximum atomic E-state index is 13.0. The van der Waals surface area contributed by atoms with Crippen molar-refractivity contribution in [3.05, 3.63) is 47.8 Å². The van der Waals surface area contributed by atoms with Gasteiger partial charge in [0.25, 0.3) is 11.8 Å². The SMILES string of the molecule is CN(C)C(=O)c1cc2cnc(Nc3ccc(C(=O)N4CC[C@H](N(C)C)C4)cc3)nc2n1C12CC(C1)C2.S. The molecule has 3 heterocycles. The predicted molar refractivity (Wildman–Crippen MR) is 149 cm³/mol. The van der Waals surface area contributed by atoms with E-state index in [-0.39, 0.29) is 30.8 Å². The van der Waals surface area contributed by atoms with Gasteiger partial charge in [0.1, 0.15) is 11.3 Å². The third-order valence-electron chi connectivity index (χ3n) is 8.22. The molecule has 9 nitrogen and oxygen atoms in total. The summed E-state index contributed by atoms with van der Waals surface area (Å²) in [6.45, 7) is 1.55. The van der Waals surface area contributed by atoms with Gasteiger partial charge in [-0.3, -0.25) is 9.59 Å². The number of carbonyl (C=O) groups excluding carboxylic acids is 2. The number of likely N-dealkylation sites (tertiary alicyclic amines) is 1. The number of aromatic nitrogens is 3. The van der Waals surface area contributed by atoms with Crippen LogP contribution in [0.4, 0.5) is 11.6 Å². The fourth-order valence-corrected chi connectivity index (χ4v) is 5.98. The molecule has 1 N–H and O–H groups in total. The third-order valence-corrected chi connectivity index (χ3v) is 8.22. The standard InChI is InChI=1S/C27H33N7O2.H2S/c1-31(2)21-9-10-33(16-21)24(35)18-5-7-20(8-6-18)29-26-28-15-19-11-22(25(36)32(3)4)34(23(19)30-26)27-12-17(13-27)14-27;/h5-8,11,15,17,21H,9-10,12-14,16H2,1-4H3,(H,28,29,30);1H2/t17?,21-,27?;/m0./s1. The first-order valence-corrected chi connectivity index (χ1v) is 12.7. The van der Waals surface area contributed by atoms with Gasteiger partial charge in [0.15, 0.2) is 0 Å². The molecular formula is C27H35N7O2S. The van der Waals surface area contributed by atoms with Crippen LogP contribution in [-0.4, -0.2) is 88.4 Å². The second-order valence-corrected chi connectivity index (χ2v) is 11.1. The number of likely N-dealkylation sites (N-methyl/N-ethyl adjacent to an activating group) is 1. The number of hydrogen-bond acceptors (Lipinski definition) is 6. The van der Waals surface area contributed by atoms with Crippen LogP contribution in [0.25, 0.3) is 11.0 Å². The third kappa shape index (κ3) is 4.25. The Morgan fingerprint density at radius 1 is 1.08 bits per heavy atom. The fourth-order valence-electron chi connectivity index (χ4n) is 5.98. The Kier molecular flexibility index (Phi) is 6.44. The van der Waals surface area contributed by atoms with Gasteiger partial charge < -0.3 is 24.6 Å². The van der Waals surface area contributed by atoms with Crippen molar-refractivity contribution in [2.75, 3.05) is 46.6 Å². The lowest BCUT2D eigenvalue weighted by Crippen LogP contribution is -2.60. The van der Waals surface area contributed by atoms with Crippen LogP contribution in [0.15, 0.2) is 36.5 Å². The molecule has 7 rings (SSSR count). The van der Waals surface area contributed by atoms with E-state index in [2.05, 4.69) is 33.9 Å². The minimum atomic E-state index is -0.0117. The van der Waals surface area contributed by atoms with E-state index < -0.39 is 0 Å². The van der Waals surface area contributed by atoms with Gasteiger partial charge in [0.05, 0.1) is 0 Å². The summed E-state index contributed by atoms with van der Waals surface area (Å²) in [6, 6.07) is 9.82. The van der Waals surface area contributed by atoms with E-state index in [0.29, 0.717) is 23.2 Å². The lowest BCUT2D eigenvalue weighted by molar-refractivity contribution is -0.0870. The van der Waals surface area contributed by atoms with Crippen molar-refractivity contribution in [3.8, 4) is 0 Å². The molecule has 3 aliphatic carbocycles. The number of carbonyl (C=O) groups is 2. The molecule has 1 atom stereocenters. The molecule has 4 fully saturated rings. The Morgan fingerprint density at radius 2 is 1.78 bits per heavy atom. The van der Waals surface area contributed by atoms with Crippen LogP contribution in [0.2, 0.25) is 0 Å². The van der Waals surface area contributed by atoms with Crippen LogP contribution in [-0.2, 0) is 5.54 Å². The number of benzene rings is 1. The topological polar surface area (TPSA) is 86.6 Å². The Morgan fingerprint density at radius 3 is 2.35 bits per heavy atom. The van der Waals surface area contributed by atoms with Gasteiger partial charge in [-0.2, -0.15) is 18.5 Å². The molecule has 1 saturated heterocycles. The highest BCUT2D eigenvalue weighted by molar-refractivity contribution is 7.59. The molecule has 2 aromatic heterocycles. The van der Waals surface area contributed by atoms with Crippen molar-refractivity contribution in [2.24, 2.45) is 5.92 Å². The number of fused-ring (bicyclic) bond motifs is 1. The summed E-state index contributed by atoms with van der Waals surface area (Å²) in [5.74, 6) is 1.31. The molecule has 0 spiro atoms. The molecule has 37 heavy (non-hydrogen) atoms. The van der Waals surface area contributed by atoms with Crippen molar-refractivity contribution in [3.63, 3.8) is 0 Å². The minimum absolute atomic E-state index is 0. The van der Waals surface area contributed by atoms with Crippen LogP contribution < -0.4 is 5.32 Å². The Balaban J connectivity index is 0.00000280. The van der Waals surface area contributed by atoms with Crippen molar-refractivity contribution in [1.29, 1.82) is 0 Å². The highest BCUT2D eigenvalue weighted by Crippen LogP contribution is 2.63. The number of hydrogen-bond donors (Lipinski definition) is 1. The lowest BCUT2D eigenvalue weighted by atomic mass is 9.49. The summed E-state index contributed by atoms with van der Waals surface area (Å²) in [5, 5.41) is 4.15. The first-order chi connectivity index (χ1) is 17.2. The summed E-state index contributed by atoms with van der Waals surface area (Å²) in [6.07, 6.45) is 6.12. The molecule has 2 bridgehead atoms. The highest BCUT2D eigenvalue weighted by atomic mass is 32.1. The molecule has 4 aliphatic rings. The lowest BCUT2D eigenvalue weighted by Gasteiger charge is -2.62. The van der Waals surface area contributed by atoms with E-state index >= 15 is 0 Å². The van der Waals surface area contributed by atoms with E-state index in [4.69, 9.17) is 4.98 Å². The molecule has 1 aliphatic heterocycles. The van der Waals surface area contributed by atoms with Gasteiger partial charge in [-0.15, -0.1) is 0 Å². The predicted octanol–water partition coefficient (Wildman–Crippen LogP) is 3.27. The Labute approximate surface area is 224 Å². The number of nitrogens with zero attached hydrogens (tertiary/aromatic N) is 6. The molecule has 1 aromatic carbocycles. The molecule has 0 radical (unpaired) electrons. The zero-order valence-electron chi connectivity index (χ0n) is 21.9. The molecule has 0 unspecified atom stereocenters. The van der Waals surface area contributed by atoms with E-state index in [9.17, 15) is 9.59 Å². The number of anilines is 2. The van der Waals surface area contributed by atoms with Crippen LogP contribution >= 0.6 is 13.5 Å². The van der Waals surface area contributed by atoms with E-state index in [0.717, 1.165) is 61.4 Å². The minimum Gasteiger partial charge on any atom is -0.343 e. The second-order valence-electron chi connectivity index (χ2n) is 11.1. The largest absolute Gasteiger partial charge is 0.343 e. The summed E-state index contributed by atoms with van der Waals surface area (Å²) in [4.78, 5) is 41.0. The van der Waals surface area contributed by atoms with E-state index in [1.165, 1.54) is 0 Å². The van der Waals surface area contributed by atoms with Gasteiger partial charge in [-0.1, -0.05) is 0 Å². The van der Waals surface area contributed by atoms with Crippen LogP contribution in [0.1, 0.15) is 46.5 Å². The summed E-state index contributed by atoms with van der Waals surface area (Å²) < 4.78 is 2.16. The summed E-state index contributed by atoms with van der Waals surface area (Å²) >= 11 is 0. The second kappa shape index (κ2) is 9.33. The zero-order chi connectivity index (χ0) is 25.2. The molecule has 10 heteroatoms. The van der Waals surface area contributed by atoms with Gasteiger partial charge in [0, 0.05) is 61.6 Å². The summed E-state index contributed by atoms with van der Waals surface area (Å²) in [5.41, 5.74) is 2.99. The van der Waals surface area contributed by atoms with E-state index in [1.807, 2.05) is 35.2 Å². The highest BCUT2D eigenvalue weighted by Gasteiger charge is 2.59. The van der Waals surface area contributed by atoms with Crippen LogP contribution in [0.3, 0.4) is 0 Å². The molecule has 3 saturated carbocycles. The van der Waals surface area contributed by atoms with E-state index in [1.54, 1.807) is 25.2 Å². The number of nitrogens with one attached hydrogen (secondary N) is 1. The smallest absolute Gasteiger partial charge is 0.270 e. The summed E-state index contributed by atoms with van der Waals surface area (Å²) in [7, 11) is 7.68. The monoisotopic (exact) mass is 521 g/mol. The Hall–Kier alpha value is -3.11. The first-order valence-electron chi connectivity index (χ1n) is 12.7. The van der Waals surface area contributed by atoms with Gasteiger partial charge >= 0.3 is 0 Å². The number of rotatable bonds is 6. The molecule has 196 valence electrons. The maximum Gasteiger partial charge on any atom is 0.270 e. The van der Waals surface area contributed by atoms with Gasteiger partial charge in [-0.05, 0) is 76.0 Å². The van der Waals surface area contributed by atoms with Crippen LogP contribution in [0, 0.1) is 5.92 Å². The Bertz CT molecular complexity index is 1330. The van der Waals surface area contributed by atoms with Gasteiger partial charge in [0.2, 0.25) is 5.95 Å². The fraction of sp³-hybridized carbons (Fsp3) is 0.481. The average molecular weight is 522 g/mol.